The average Bonchev–Trinajstić information content (AvgIpc) is 2.22. The minimum absolute atomic E-state index is 0.173. The highest BCUT2D eigenvalue weighted by atomic mass is 28.3. The predicted octanol–water partition coefficient (Wildman–Crippen LogP) is 3.92. The lowest BCUT2D eigenvalue weighted by Crippen LogP contribution is -2.39. The predicted molar refractivity (Wildman–Crippen MR) is 68.1 cm³/mol. The van der Waals surface area contributed by atoms with Crippen LogP contribution in [0.2, 0.25) is 12.1 Å². The highest BCUT2D eigenvalue weighted by Gasteiger charge is 2.15. The van der Waals surface area contributed by atoms with Gasteiger partial charge in [-0.2, -0.15) is 0 Å². The summed E-state index contributed by atoms with van der Waals surface area (Å²) in [4.78, 5) is 0. The van der Waals surface area contributed by atoms with Crippen LogP contribution in [0.5, 0.6) is 0 Å². The molecule has 0 spiro atoms. The van der Waals surface area contributed by atoms with Crippen molar-refractivity contribution in [1.29, 1.82) is 0 Å². The van der Waals surface area contributed by atoms with Crippen LogP contribution in [0.3, 0.4) is 0 Å². The number of rotatable bonds is 9. The first-order valence-electron chi connectivity index (χ1n) is 6.39. The van der Waals surface area contributed by atoms with E-state index < -0.39 is 0 Å². The molecule has 0 aromatic rings. The van der Waals surface area contributed by atoms with Gasteiger partial charge in [0.15, 0.2) is 0 Å². The van der Waals surface area contributed by atoms with Crippen molar-refractivity contribution in [2.45, 2.75) is 65.5 Å². The van der Waals surface area contributed by atoms with E-state index in [9.17, 15) is 0 Å². The molecule has 0 aromatic carbocycles. The largest absolute Gasteiger partial charge is 0.324 e. The lowest BCUT2D eigenvalue weighted by atomic mass is 10.3. The maximum Gasteiger partial charge on any atom is 0.135 e. The fourth-order valence-electron chi connectivity index (χ4n) is 1.82. The van der Waals surface area contributed by atoms with Crippen LogP contribution in [-0.4, -0.2) is 26.6 Å². The van der Waals surface area contributed by atoms with E-state index in [2.05, 4.69) is 32.3 Å². The maximum absolute atomic E-state index is 2.80. The summed E-state index contributed by atoms with van der Waals surface area (Å²) in [6.07, 6.45) is 5.45. The molecule has 0 unspecified atom stereocenters. The summed E-state index contributed by atoms with van der Waals surface area (Å²) < 4.78 is 2.80. The Morgan fingerprint density at radius 3 is 1.50 bits per heavy atom. The van der Waals surface area contributed by atoms with Crippen molar-refractivity contribution in [3.05, 3.63) is 0 Å². The molecule has 1 radical (unpaired) electrons. The van der Waals surface area contributed by atoms with E-state index in [1.807, 2.05) is 0 Å². The Labute approximate surface area is 92.6 Å². The summed E-state index contributed by atoms with van der Waals surface area (Å²) >= 11 is 0. The molecule has 0 saturated carbocycles. The minimum Gasteiger partial charge on any atom is -0.324 e. The van der Waals surface area contributed by atoms with Gasteiger partial charge in [-0.3, -0.25) is 0 Å². The van der Waals surface area contributed by atoms with Gasteiger partial charge in [0.2, 0.25) is 0 Å². The molecule has 0 aliphatic heterocycles. The fraction of sp³-hybridized carbons (Fsp3) is 1.00. The third kappa shape index (κ3) is 5.81. The highest BCUT2D eigenvalue weighted by molar-refractivity contribution is 6.55. The van der Waals surface area contributed by atoms with Gasteiger partial charge in [-0.15, -0.1) is 0 Å². The van der Waals surface area contributed by atoms with Gasteiger partial charge in [-0.05, 0) is 38.0 Å². The van der Waals surface area contributed by atoms with Crippen molar-refractivity contribution in [2.24, 2.45) is 0 Å². The Balaban J connectivity index is 3.92. The molecule has 0 aliphatic carbocycles. The van der Waals surface area contributed by atoms with Crippen molar-refractivity contribution in [1.82, 2.24) is 4.57 Å². The maximum atomic E-state index is 2.80. The van der Waals surface area contributed by atoms with Crippen LogP contribution in [0.15, 0.2) is 0 Å². The molecule has 1 nitrogen and oxygen atoms in total. The molecule has 0 fully saturated rings. The molecular weight excluding hydrogens is 186 g/mol. The molecule has 0 heterocycles. The van der Waals surface area contributed by atoms with E-state index in [4.69, 9.17) is 0 Å². The van der Waals surface area contributed by atoms with E-state index in [1.54, 1.807) is 0 Å². The van der Waals surface area contributed by atoms with Gasteiger partial charge in [-0.1, -0.05) is 40.5 Å². The lowest BCUT2D eigenvalue weighted by molar-refractivity contribution is 0.407. The quantitative estimate of drug-likeness (QED) is 0.526. The van der Waals surface area contributed by atoms with Gasteiger partial charge < -0.3 is 4.57 Å². The monoisotopic (exact) mass is 214 g/mol. The summed E-state index contributed by atoms with van der Waals surface area (Å²) in [5.41, 5.74) is 0. The van der Waals surface area contributed by atoms with Crippen LogP contribution in [-0.2, 0) is 0 Å². The first-order valence-corrected chi connectivity index (χ1v) is 8.25. The normalized spacial score (nSPS) is 11.6. The standard InChI is InChI=1S/C12H28NSi/c1-5-9-11-13(12-10-6-2)14(7-3)8-4/h5-12H2,1-4H3. The van der Waals surface area contributed by atoms with E-state index in [1.165, 1.54) is 50.9 Å². The summed E-state index contributed by atoms with van der Waals surface area (Å²) in [6.45, 7) is 12.0. The summed E-state index contributed by atoms with van der Waals surface area (Å²) in [5, 5.41) is 0. The zero-order valence-corrected chi connectivity index (χ0v) is 11.6. The van der Waals surface area contributed by atoms with Crippen LogP contribution in [0.25, 0.3) is 0 Å². The molecule has 0 saturated heterocycles. The Hall–Kier alpha value is 0.177. The third-order valence-electron chi connectivity index (χ3n) is 2.83. The number of hydrogen-bond donors (Lipinski definition) is 0. The first kappa shape index (κ1) is 14.2. The second-order valence-corrected chi connectivity index (χ2v) is 7.15. The summed E-state index contributed by atoms with van der Waals surface area (Å²) in [5.74, 6) is 0. The van der Waals surface area contributed by atoms with Crippen LogP contribution in [0.1, 0.15) is 53.4 Å². The SMILES string of the molecule is CCCCN(CCCC)[Si](CC)CC. The summed E-state index contributed by atoms with van der Waals surface area (Å²) in [7, 11) is -0.173. The van der Waals surface area contributed by atoms with Crippen LogP contribution >= 0.6 is 0 Å². The zero-order chi connectivity index (χ0) is 10.8. The number of nitrogens with zero attached hydrogens (tertiary/aromatic N) is 1. The Morgan fingerprint density at radius 2 is 1.21 bits per heavy atom. The third-order valence-corrected chi connectivity index (χ3v) is 5.80. The van der Waals surface area contributed by atoms with Gasteiger partial charge in [0.1, 0.15) is 8.96 Å². The molecule has 0 N–H and O–H groups in total. The van der Waals surface area contributed by atoms with E-state index >= 15 is 0 Å². The first-order chi connectivity index (χ1) is 6.79. The van der Waals surface area contributed by atoms with Crippen molar-refractivity contribution >= 4 is 8.96 Å². The van der Waals surface area contributed by atoms with Gasteiger partial charge >= 0.3 is 0 Å². The average molecular weight is 214 g/mol. The smallest absolute Gasteiger partial charge is 0.135 e. The summed E-state index contributed by atoms with van der Waals surface area (Å²) in [6, 6.07) is 2.82. The molecule has 0 bridgehead atoms. The molecule has 2 heteroatoms. The molecule has 0 aromatic heterocycles. The Bertz CT molecular complexity index is 105. The second kappa shape index (κ2) is 9.72. The highest BCUT2D eigenvalue weighted by Crippen LogP contribution is 2.09. The van der Waals surface area contributed by atoms with Gasteiger partial charge in [-0.25, -0.2) is 0 Å². The van der Waals surface area contributed by atoms with Crippen LogP contribution in [0, 0.1) is 0 Å². The van der Waals surface area contributed by atoms with Gasteiger partial charge in [0, 0.05) is 0 Å². The van der Waals surface area contributed by atoms with Gasteiger partial charge in [0.05, 0.1) is 0 Å². The second-order valence-electron chi connectivity index (χ2n) is 3.97. The van der Waals surface area contributed by atoms with Gasteiger partial charge in [0.25, 0.3) is 0 Å². The lowest BCUT2D eigenvalue weighted by Gasteiger charge is -2.28. The van der Waals surface area contributed by atoms with Crippen molar-refractivity contribution in [2.75, 3.05) is 13.1 Å². The van der Waals surface area contributed by atoms with E-state index in [-0.39, 0.29) is 8.96 Å². The topological polar surface area (TPSA) is 3.24 Å². The zero-order valence-electron chi connectivity index (χ0n) is 10.6. The minimum atomic E-state index is -0.173. The fourth-order valence-corrected chi connectivity index (χ4v) is 4.17. The number of unbranched alkanes of at least 4 members (excludes halogenated alkanes) is 2. The van der Waals surface area contributed by atoms with Crippen molar-refractivity contribution in [3.63, 3.8) is 0 Å². The van der Waals surface area contributed by atoms with Crippen molar-refractivity contribution in [3.8, 4) is 0 Å². The van der Waals surface area contributed by atoms with E-state index in [0.29, 0.717) is 0 Å². The molecular formula is C12H28NSi. The van der Waals surface area contributed by atoms with E-state index in [0.717, 1.165) is 0 Å². The van der Waals surface area contributed by atoms with Crippen LogP contribution in [0.4, 0.5) is 0 Å². The molecule has 0 atom stereocenters. The Morgan fingerprint density at radius 1 is 0.786 bits per heavy atom. The Kier molecular flexibility index (Phi) is 9.84. The molecule has 0 rings (SSSR count). The molecule has 14 heavy (non-hydrogen) atoms. The van der Waals surface area contributed by atoms with Crippen molar-refractivity contribution < 1.29 is 0 Å². The number of hydrogen-bond acceptors (Lipinski definition) is 1. The molecule has 85 valence electrons. The molecule has 0 amide bonds. The molecule has 0 aliphatic rings. The van der Waals surface area contributed by atoms with Crippen LogP contribution < -0.4 is 0 Å².